The van der Waals surface area contributed by atoms with Gasteiger partial charge in [0.15, 0.2) is 0 Å². The largest absolute Gasteiger partial charge is 0.497 e. The molecule has 2 aliphatic heterocycles. The number of carbonyl (C=O) groups excluding carboxylic acids is 1. The van der Waals surface area contributed by atoms with Crippen LogP contribution in [0, 0.1) is 0 Å². The van der Waals surface area contributed by atoms with Gasteiger partial charge in [-0.2, -0.15) is 0 Å². The van der Waals surface area contributed by atoms with Gasteiger partial charge in [0, 0.05) is 30.8 Å². The molecule has 2 saturated heterocycles. The molecule has 7 heteroatoms. The smallest absolute Gasteiger partial charge is 0.236 e. The van der Waals surface area contributed by atoms with Gasteiger partial charge in [0.25, 0.3) is 0 Å². The normalized spacial score (nSPS) is 20.0. The number of nitrogens with zero attached hydrogens (tertiary/aromatic N) is 4. The van der Waals surface area contributed by atoms with E-state index in [0.717, 1.165) is 55.0 Å². The van der Waals surface area contributed by atoms with Gasteiger partial charge in [0.1, 0.15) is 5.75 Å². The summed E-state index contributed by atoms with van der Waals surface area (Å²) in [6.07, 6.45) is 6.16. The second kappa shape index (κ2) is 8.78. The Bertz CT molecular complexity index is 849. The standard InChI is InChI=1S/C22H29N5O2/c1-29-18-8-6-16(7-9-18)19-13-24-22(23)25-21(19)17-5-4-12-27(14-17)20(28)15-26-10-2-3-11-26/h6-9,13,17H,2-5,10-12,14-15H2,1H3,(H2,23,24,25)/t17-/m1/s1. The molecular formula is C22H29N5O2. The number of hydrogen-bond acceptors (Lipinski definition) is 6. The summed E-state index contributed by atoms with van der Waals surface area (Å²) in [5.41, 5.74) is 8.87. The zero-order valence-corrected chi connectivity index (χ0v) is 17.0. The maximum atomic E-state index is 12.8. The number of anilines is 1. The summed E-state index contributed by atoms with van der Waals surface area (Å²) < 4.78 is 5.27. The number of aromatic nitrogens is 2. The first-order valence-electron chi connectivity index (χ1n) is 10.4. The zero-order chi connectivity index (χ0) is 20.2. The van der Waals surface area contributed by atoms with Crippen LogP contribution in [0.25, 0.3) is 11.1 Å². The first-order valence-corrected chi connectivity index (χ1v) is 10.4. The molecule has 0 spiro atoms. The van der Waals surface area contributed by atoms with Crippen molar-refractivity contribution in [1.82, 2.24) is 19.8 Å². The molecule has 29 heavy (non-hydrogen) atoms. The lowest BCUT2D eigenvalue weighted by molar-refractivity contribution is -0.133. The van der Waals surface area contributed by atoms with Crippen molar-refractivity contribution >= 4 is 11.9 Å². The van der Waals surface area contributed by atoms with Gasteiger partial charge in [0.05, 0.1) is 19.3 Å². The van der Waals surface area contributed by atoms with E-state index in [2.05, 4.69) is 14.9 Å². The Morgan fingerprint density at radius 2 is 1.93 bits per heavy atom. The summed E-state index contributed by atoms with van der Waals surface area (Å²) >= 11 is 0. The fourth-order valence-corrected chi connectivity index (χ4v) is 4.37. The van der Waals surface area contributed by atoms with Crippen LogP contribution in [0.3, 0.4) is 0 Å². The molecule has 1 aromatic heterocycles. The summed E-state index contributed by atoms with van der Waals surface area (Å²) in [5.74, 6) is 1.47. The van der Waals surface area contributed by atoms with Crippen LogP contribution in [0.1, 0.15) is 37.3 Å². The predicted molar refractivity (Wildman–Crippen MR) is 113 cm³/mol. The van der Waals surface area contributed by atoms with Crippen LogP contribution in [-0.4, -0.2) is 65.5 Å². The number of ether oxygens (including phenoxy) is 1. The first-order chi connectivity index (χ1) is 14.1. The minimum atomic E-state index is 0.161. The highest BCUT2D eigenvalue weighted by Gasteiger charge is 2.29. The Kier molecular flexibility index (Phi) is 5.94. The van der Waals surface area contributed by atoms with E-state index in [4.69, 9.17) is 10.5 Å². The second-order valence-corrected chi connectivity index (χ2v) is 7.92. The quantitative estimate of drug-likeness (QED) is 0.837. The van der Waals surface area contributed by atoms with E-state index in [1.165, 1.54) is 12.8 Å². The SMILES string of the molecule is COc1ccc(-c2cnc(N)nc2[C@@H]2CCCN(C(=O)CN3CCCC3)C2)cc1. The molecule has 0 unspecified atom stereocenters. The van der Waals surface area contributed by atoms with Crippen LogP contribution in [-0.2, 0) is 4.79 Å². The molecule has 4 rings (SSSR count). The number of piperidine rings is 1. The lowest BCUT2D eigenvalue weighted by atomic mass is 9.90. The average molecular weight is 396 g/mol. The van der Waals surface area contributed by atoms with Gasteiger partial charge in [-0.05, 0) is 56.5 Å². The minimum Gasteiger partial charge on any atom is -0.497 e. The maximum Gasteiger partial charge on any atom is 0.236 e. The Morgan fingerprint density at radius 3 is 2.66 bits per heavy atom. The fourth-order valence-electron chi connectivity index (χ4n) is 4.37. The molecule has 1 aromatic carbocycles. The average Bonchev–Trinajstić information content (AvgIpc) is 3.27. The second-order valence-electron chi connectivity index (χ2n) is 7.92. The number of nitrogen functional groups attached to an aromatic ring is 1. The van der Waals surface area contributed by atoms with Crippen molar-refractivity contribution in [2.75, 3.05) is 45.6 Å². The third-order valence-corrected chi connectivity index (χ3v) is 5.96. The van der Waals surface area contributed by atoms with E-state index in [1.54, 1.807) is 13.3 Å². The number of carbonyl (C=O) groups is 1. The van der Waals surface area contributed by atoms with Crippen molar-refractivity contribution in [2.45, 2.75) is 31.6 Å². The molecule has 2 N–H and O–H groups in total. The third kappa shape index (κ3) is 4.50. The van der Waals surface area contributed by atoms with Crippen molar-refractivity contribution in [3.63, 3.8) is 0 Å². The molecule has 0 aliphatic carbocycles. The van der Waals surface area contributed by atoms with Crippen LogP contribution >= 0.6 is 0 Å². The Morgan fingerprint density at radius 1 is 1.17 bits per heavy atom. The van der Waals surface area contributed by atoms with Gasteiger partial charge < -0.3 is 15.4 Å². The number of likely N-dealkylation sites (tertiary alicyclic amines) is 2. The van der Waals surface area contributed by atoms with E-state index in [1.807, 2.05) is 29.2 Å². The molecule has 1 amide bonds. The number of hydrogen-bond donors (Lipinski definition) is 1. The van der Waals surface area contributed by atoms with Crippen molar-refractivity contribution in [3.05, 3.63) is 36.2 Å². The molecule has 2 fully saturated rings. The van der Waals surface area contributed by atoms with Gasteiger partial charge >= 0.3 is 0 Å². The minimum absolute atomic E-state index is 0.161. The van der Waals surface area contributed by atoms with Crippen LogP contribution < -0.4 is 10.5 Å². The fraction of sp³-hybridized carbons (Fsp3) is 0.500. The van der Waals surface area contributed by atoms with Crippen LogP contribution in [0.5, 0.6) is 5.75 Å². The lowest BCUT2D eigenvalue weighted by Gasteiger charge is -2.34. The van der Waals surface area contributed by atoms with Crippen LogP contribution in [0.2, 0.25) is 0 Å². The number of amides is 1. The topological polar surface area (TPSA) is 84.6 Å². The number of rotatable bonds is 5. The number of benzene rings is 1. The highest BCUT2D eigenvalue weighted by Crippen LogP contribution is 2.34. The lowest BCUT2D eigenvalue weighted by Crippen LogP contribution is -2.44. The molecule has 1 atom stereocenters. The molecule has 2 aromatic rings. The highest BCUT2D eigenvalue weighted by atomic mass is 16.5. The summed E-state index contributed by atoms with van der Waals surface area (Å²) in [5, 5.41) is 0. The van der Waals surface area contributed by atoms with Crippen LogP contribution in [0.15, 0.2) is 30.5 Å². The van der Waals surface area contributed by atoms with Gasteiger partial charge in [-0.3, -0.25) is 9.69 Å². The number of nitrogens with two attached hydrogens (primary N) is 1. The summed E-state index contributed by atoms with van der Waals surface area (Å²) in [6, 6.07) is 7.89. The van der Waals surface area contributed by atoms with E-state index in [0.29, 0.717) is 13.1 Å². The molecule has 3 heterocycles. The molecular weight excluding hydrogens is 366 g/mol. The molecule has 7 nitrogen and oxygen atoms in total. The zero-order valence-electron chi connectivity index (χ0n) is 17.0. The molecule has 0 bridgehead atoms. The molecule has 0 saturated carbocycles. The molecule has 0 radical (unpaired) electrons. The highest BCUT2D eigenvalue weighted by molar-refractivity contribution is 5.78. The van der Waals surface area contributed by atoms with Crippen molar-refractivity contribution in [3.8, 4) is 16.9 Å². The third-order valence-electron chi connectivity index (χ3n) is 5.96. The maximum absolute atomic E-state index is 12.8. The van der Waals surface area contributed by atoms with Crippen molar-refractivity contribution in [2.24, 2.45) is 0 Å². The summed E-state index contributed by atoms with van der Waals surface area (Å²) in [6.45, 7) is 4.11. The van der Waals surface area contributed by atoms with Gasteiger partial charge in [0.2, 0.25) is 11.9 Å². The number of methoxy groups -OCH3 is 1. The van der Waals surface area contributed by atoms with E-state index >= 15 is 0 Å². The van der Waals surface area contributed by atoms with Crippen LogP contribution in [0.4, 0.5) is 5.95 Å². The first kappa shape index (κ1) is 19.6. The van der Waals surface area contributed by atoms with Crippen molar-refractivity contribution < 1.29 is 9.53 Å². The monoisotopic (exact) mass is 395 g/mol. The van der Waals surface area contributed by atoms with Gasteiger partial charge in [-0.25, -0.2) is 9.97 Å². The van der Waals surface area contributed by atoms with Crippen molar-refractivity contribution in [1.29, 1.82) is 0 Å². The van der Waals surface area contributed by atoms with E-state index in [-0.39, 0.29) is 17.8 Å². The Labute approximate surface area is 171 Å². The van der Waals surface area contributed by atoms with E-state index in [9.17, 15) is 4.79 Å². The molecule has 154 valence electrons. The van der Waals surface area contributed by atoms with E-state index < -0.39 is 0 Å². The summed E-state index contributed by atoms with van der Waals surface area (Å²) in [4.78, 5) is 25.9. The Balaban J connectivity index is 1.54. The summed E-state index contributed by atoms with van der Waals surface area (Å²) in [7, 11) is 1.66. The molecule has 2 aliphatic rings. The Hall–Kier alpha value is -2.67. The van der Waals surface area contributed by atoms with Gasteiger partial charge in [-0.1, -0.05) is 12.1 Å². The predicted octanol–water partition coefficient (Wildman–Crippen LogP) is 2.54. The van der Waals surface area contributed by atoms with Gasteiger partial charge in [-0.15, -0.1) is 0 Å².